The van der Waals surface area contributed by atoms with Gasteiger partial charge < -0.3 is 0 Å². The Kier molecular flexibility index (Phi) is 3.52. The van der Waals surface area contributed by atoms with Crippen LogP contribution in [0.2, 0.25) is 0 Å². The molecule has 90 valence electrons. The average Bonchev–Trinajstić information content (AvgIpc) is 1.97. The van der Waals surface area contributed by atoms with Gasteiger partial charge in [0.1, 0.15) is 0 Å². The summed E-state index contributed by atoms with van der Waals surface area (Å²) in [5.41, 5.74) is 0.531. The first kappa shape index (κ1) is 13.0. The van der Waals surface area contributed by atoms with Gasteiger partial charge in [0.15, 0.2) is 0 Å². The van der Waals surface area contributed by atoms with Gasteiger partial charge in [0.25, 0.3) is 0 Å². The SMILES string of the molecule is CC1CC(N(N)C(C)(C)C)CC(C)(C)C1. The molecule has 1 aliphatic carbocycles. The Hall–Kier alpha value is -0.0800. The fraction of sp³-hybridized carbons (Fsp3) is 1.00. The van der Waals surface area contributed by atoms with Gasteiger partial charge in [-0.1, -0.05) is 20.8 Å². The van der Waals surface area contributed by atoms with Crippen molar-refractivity contribution in [3.63, 3.8) is 0 Å². The molecule has 0 spiro atoms. The van der Waals surface area contributed by atoms with Gasteiger partial charge in [0, 0.05) is 11.6 Å². The molecule has 0 bridgehead atoms. The molecular weight excluding hydrogens is 184 g/mol. The lowest BCUT2D eigenvalue weighted by atomic mass is 9.70. The molecule has 2 nitrogen and oxygen atoms in total. The Morgan fingerprint density at radius 2 is 1.73 bits per heavy atom. The molecule has 0 heterocycles. The van der Waals surface area contributed by atoms with Crippen LogP contribution in [0.5, 0.6) is 0 Å². The quantitative estimate of drug-likeness (QED) is 0.534. The largest absolute Gasteiger partial charge is 0.268 e. The molecule has 2 unspecified atom stereocenters. The molecule has 0 aromatic heterocycles. The number of rotatable bonds is 1. The average molecular weight is 212 g/mol. The number of hydrogen-bond donors (Lipinski definition) is 1. The van der Waals surface area contributed by atoms with Crippen molar-refractivity contribution in [2.24, 2.45) is 17.2 Å². The topological polar surface area (TPSA) is 29.3 Å². The van der Waals surface area contributed by atoms with E-state index in [0.717, 1.165) is 5.92 Å². The highest BCUT2D eigenvalue weighted by molar-refractivity contribution is 4.89. The smallest absolute Gasteiger partial charge is 0.0270 e. The van der Waals surface area contributed by atoms with E-state index in [1.165, 1.54) is 19.3 Å². The molecule has 0 saturated heterocycles. The van der Waals surface area contributed by atoms with Crippen LogP contribution in [0, 0.1) is 11.3 Å². The first-order chi connectivity index (χ1) is 6.62. The summed E-state index contributed by atoms with van der Waals surface area (Å²) in [4.78, 5) is 0. The van der Waals surface area contributed by atoms with E-state index in [-0.39, 0.29) is 5.54 Å². The Balaban J connectivity index is 2.70. The predicted molar refractivity (Wildman–Crippen MR) is 66.4 cm³/mol. The minimum absolute atomic E-state index is 0.0812. The molecule has 1 fully saturated rings. The molecule has 0 aromatic carbocycles. The van der Waals surface area contributed by atoms with Crippen molar-refractivity contribution in [1.29, 1.82) is 0 Å². The normalized spacial score (nSPS) is 32.0. The van der Waals surface area contributed by atoms with Crippen LogP contribution < -0.4 is 5.84 Å². The summed E-state index contributed by atoms with van der Waals surface area (Å²) < 4.78 is 0. The summed E-state index contributed by atoms with van der Waals surface area (Å²) in [6, 6.07) is 0.545. The molecule has 0 amide bonds. The first-order valence-corrected chi connectivity index (χ1v) is 6.16. The molecule has 1 rings (SSSR count). The van der Waals surface area contributed by atoms with Crippen LogP contribution >= 0.6 is 0 Å². The van der Waals surface area contributed by atoms with Crippen LogP contribution in [0.15, 0.2) is 0 Å². The number of nitrogens with two attached hydrogens (primary N) is 1. The highest BCUT2D eigenvalue weighted by atomic mass is 15.5. The standard InChI is InChI=1S/C13H28N2/c1-10-7-11(9-13(5,6)8-10)15(14)12(2,3)4/h10-11H,7-9,14H2,1-6H3. The predicted octanol–water partition coefficient (Wildman–Crippen LogP) is 3.18. The molecular formula is C13H28N2. The van der Waals surface area contributed by atoms with Crippen LogP contribution in [-0.2, 0) is 0 Å². The maximum absolute atomic E-state index is 6.24. The number of hydrogen-bond acceptors (Lipinski definition) is 2. The zero-order valence-corrected chi connectivity index (χ0v) is 11.3. The zero-order chi connectivity index (χ0) is 11.9. The molecule has 2 atom stereocenters. The summed E-state index contributed by atoms with van der Waals surface area (Å²) in [6.45, 7) is 13.7. The molecule has 0 radical (unpaired) electrons. The Morgan fingerprint density at radius 3 is 2.13 bits per heavy atom. The molecule has 15 heavy (non-hydrogen) atoms. The van der Waals surface area contributed by atoms with Crippen molar-refractivity contribution in [2.75, 3.05) is 0 Å². The summed E-state index contributed by atoms with van der Waals surface area (Å²) in [6.07, 6.45) is 3.81. The lowest BCUT2D eigenvalue weighted by molar-refractivity contribution is 0.0110. The Labute approximate surface area is 95.2 Å². The van der Waals surface area contributed by atoms with Gasteiger partial charge in [0.2, 0.25) is 0 Å². The summed E-state index contributed by atoms with van der Waals surface area (Å²) in [5, 5.41) is 2.07. The van der Waals surface area contributed by atoms with Gasteiger partial charge in [-0.25, -0.2) is 5.01 Å². The van der Waals surface area contributed by atoms with Gasteiger partial charge in [-0.05, 0) is 51.4 Å². The van der Waals surface area contributed by atoms with Crippen molar-refractivity contribution in [2.45, 2.75) is 72.4 Å². The molecule has 2 heteroatoms. The van der Waals surface area contributed by atoms with E-state index in [1.54, 1.807) is 0 Å². The van der Waals surface area contributed by atoms with Gasteiger partial charge in [0.05, 0.1) is 0 Å². The van der Waals surface area contributed by atoms with E-state index < -0.39 is 0 Å². The lowest BCUT2D eigenvalue weighted by Crippen LogP contribution is -2.55. The summed E-state index contributed by atoms with van der Waals surface area (Å²) in [5.74, 6) is 7.04. The third-order valence-electron chi connectivity index (χ3n) is 3.53. The maximum Gasteiger partial charge on any atom is 0.0270 e. The van der Waals surface area contributed by atoms with Crippen LogP contribution in [0.4, 0.5) is 0 Å². The van der Waals surface area contributed by atoms with E-state index in [4.69, 9.17) is 5.84 Å². The van der Waals surface area contributed by atoms with Crippen LogP contribution in [0.1, 0.15) is 60.8 Å². The zero-order valence-electron chi connectivity index (χ0n) is 11.3. The van der Waals surface area contributed by atoms with E-state index in [1.807, 2.05) is 0 Å². The van der Waals surface area contributed by atoms with Gasteiger partial charge >= 0.3 is 0 Å². The van der Waals surface area contributed by atoms with Crippen molar-refractivity contribution < 1.29 is 0 Å². The Morgan fingerprint density at radius 1 is 1.20 bits per heavy atom. The second-order valence-electron chi connectivity index (χ2n) is 7.15. The Bertz CT molecular complexity index is 215. The number of nitrogens with zero attached hydrogens (tertiary/aromatic N) is 1. The second kappa shape index (κ2) is 4.06. The molecule has 0 aromatic rings. The molecule has 1 aliphatic rings. The monoisotopic (exact) mass is 212 g/mol. The van der Waals surface area contributed by atoms with E-state index in [2.05, 4.69) is 46.6 Å². The second-order valence-corrected chi connectivity index (χ2v) is 7.15. The van der Waals surface area contributed by atoms with Crippen molar-refractivity contribution >= 4 is 0 Å². The van der Waals surface area contributed by atoms with Crippen LogP contribution in [-0.4, -0.2) is 16.6 Å². The third-order valence-corrected chi connectivity index (χ3v) is 3.53. The molecule has 0 aliphatic heterocycles. The van der Waals surface area contributed by atoms with Crippen molar-refractivity contribution in [3.8, 4) is 0 Å². The third kappa shape index (κ3) is 3.46. The molecule has 1 saturated carbocycles. The highest BCUT2D eigenvalue weighted by Crippen LogP contribution is 2.40. The van der Waals surface area contributed by atoms with Gasteiger partial charge in [-0.15, -0.1) is 0 Å². The van der Waals surface area contributed by atoms with Crippen LogP contribution in [0.25, 0.3) is 0 Å². The first-order valence-electron chi connectivity index (χ1n) is 6.16. The fourth-order valence-electron chi connectivity index (χ4n) is 3.06. The maximum atomic E-state index is 6.24. The van der Waals surface area contributed by atoms with Crippen molar-refractivity contribution in [1.82, 2.24) is 5.01 Å². The number of hydrazine groups is 1. The van der Waals surface area contributed by atoms with Gasteiger partial charge in [-0.3, -0.25) is 5.84 Å². The lowest BCUT2D eigenvalue weighted by Gasteiger charge is -2.46. The minimum atomic E-state index is 0.0812. The van der Waals surface area contributed by atoms with Gasteiger partial charge in [-0.2, -0.15) is 0 Å². The summed E-state index contributed by atoms with van der Waals surface area (Å²) >= 11 is 0. The van der Waals surface area contributed by atoms with E-state index >= 15 is 0 Å². The van der Waals surface area contributed by atoms with E-state index in [9.17, 15) is 0 Å². The highest BCUT2D eigenvalue weighted by Gasteiger charge is 2.37. The van der Waals surface area contributed by atoms with E-state index in [0.29, 0.717) is 11.5 Å². The minimum Gasteiger partial charge on any atom is -0.268 e. The van der Waals surface area contributed by atoms with Crippen molar-refractivity contribution in [3.05, 3.63) is 0 Å². The summed E-state index contributed by atoms with van der Waals surface area (Å²) in [7, 11) is 0. The van der Waals surface area contributed by atoms with Crippen LogP contribution in [0.3, 0.4) is 0 Å². The fourth-order valence-corrected chi connectivity index (χ4v) is 3.06. The molecule has 2 N–H and O–H groups in total.